The Morgan fingerprint density at radius 1 is 1.03 bits per heavy atom. The second-order valence-corrected chi connectivity index (χ2v) is 8.39. The minimum absolute atomic E-state index is 0.169. The number of amides is 1. The van der Waals surface area contributed by atoms with Gasteiger partial charge in [-0.15, -0.1) is 5.53 Å². The predicted octanol–water partition coefficient (Wildman–Crippen LogP) is 3.22. The summed E-state index contributed by atoms with van der Waals surface area (Å²) >= 11 is 6.07. The highest BCUT2D eigenvalue weighted by atomic mass is 35.5. The first-order chi connectivity index (χ1) is 16.3. The quantitative estimate of drug-likeness (QED) is 0.288. The molecule has 176 valence electrons. The molecule has 0 bridgehead atoms. The van der Waals surface area contributed by atoms with Gasteiger partial charge in [0.2, 0.25) is 0 Å². The van der Waals surface area contributed by atoms with Crippen molar-refractivity contribution < 1.29 is 25.0 Å². The Bertz CT molecular complexity index is 1200. The number of rotatable bonds is 8. The number of hydrazine groups is 2. The smallest absolute Gasteiger partial charge is 0.332 e. The fourth-order valence-corrected chi connectivity index (χ4v) is 3.94. The molecule has 1 aliphatic heterocycles. The van der Waals surface area contributed by atoms with Crippen molar-refractivity contribution in [2.45, 2.75) is 25.0 Å². The predicted molar refractivity (Wildman–Crippen MR) is 128 cm³/mol. The number of carboxylic acids is 1. The molecular formula is C24H23ClN4O5. The zero-order valence-electron chi connectivity index (χ0n) is 17.9. The standard InChI is InChI=1S/C24H23ClN4O5/c25-18-3-1-2-16(11-18)15-6-4-14(5-7-15)10-19(13-22(30)24(32)33)26-23(31)17-8-9-20-21(12-17)29(34)28-27-20/h1-9,11-12,19,22,27-28,30,34H,10,13H2,(H,26,31)(H,32,33)/t19-,22-/m1/s1. The highest BCUT2D eigenvalue weighted by Gasteiger charge is 2.24. The molecule has 3 aromatic carbocycles. The van der Waals surface area contributed by atoms with E-state index < -0.39 is 24.0 Å². The second kappa shape index (κ2) is 10.1. The molecular weight excluding hydrogens is 460 g/mol. The average Bonchev–Trinajstić information content (AvgIpc) is 3.19. The number of aliphatic hydroxyl groups excluding tert-OH is 1. The van der Waals surface area contributed by atoms with Gasteiger partial charge in [-0.1, -0.05) is 48.0 Å². The third-order valence-electron chi connectivity index (χ3n) is 5.51. The molecule has 0 radical (unpaired) electrons. The molecule has 0 aliphatic carbocycles. The van der Waals surface area contributed by atoms with E-state index in [0.717, 1.165) is 21.9 Å². The molecule has 2 atom stereocenters. The number of hydrogen-bond donors (Lipinski definition) is 6. The van der Waals surface area contributed by atoms with Crippen LogP contribution in [0.2, 0.25) is 5.02 Å². The lowest BCUT2D eigenvalue weighted by molar-refractivity contribution is -0.147. The summed E-state index contributed by atoms with van der Waals surface area (Å²) in [5.74, 6) is -1.82. The van der Waals surface area contributed by atoms with Crippen LogP contribution < -0.4 is 21.4 Å². The highest BCUT2D eigenvalue weighted by molar-refractivity contribution is 6.30. The summed E-state index contributed by atoms with van der Waals surface area (Å²) in [5, 5.41) is 33.0. The highest BCUT2D eigenvalue weighted by Crippen LogP contribution is 2.29. The van der Waals surface area contributed by atoms with Gasteiger partial charge in [-0.3, -0.25) is 15.4 Å². The van der Waals surface area contributed by atoms with Crippen LogP contribution in [0.3, 0.4) is 0 Å². The number of aliphatic hydroxyl groups is 1. The summed E-state index contributed by atoms with van der Waals surface area (Å²) in [6.45, 7) is 0. The number of nitrogens with one attached hydrogen (secondary N) is 3. The largest absolute Gasteiger partial charge is 0.479 e. The van der Waals surface area contributed by atoms with Gasteiger partial charge in [-0.2, -0.15) is 5.17 Å². The van der Waals surface area contributed by atoms with Crippen LogP contribution in [0.25, 0.3) is 11.1 Å². The number of benzene rings is 3. The number of nitrogens with zero attached hydrogens (tertiary/aromatic N) is 1. The van der Waals surface area contributed by atoms with Crippen LogP contribution >= 0.6 is 11.6 Å². The molecule has 9 nitrogen and oxygen atoms in total. The molecule has 0 saturated heterocycles. The van der Waals surface area contributed by atoms with Gasteiger partial charge in [0.25, 0.3) is 5.91 Å². The summed E-state index contributed by atoms with van der Waals surface area (Å²) in [4.78, 5) is 24.1. The minimum atomic E-state index is -1.63. The van der Waals surface area contributed by atoms with Crippen LogP contribution in [0.15, 0.2) is 66.7 Å². The fraction of sp³-hybridized carbons (Fsp3) is 0.167. The van der Waals surface area contributed by atoms with E-state index in [1.54, 1.807) is 18.2 Å². The Morgan fingerprint density at radius 3 is 2.50 bits per heavy atom. The first-order valence-electron chi connectivity index (χ1n) is 10.5. The molecule has 34 heavy (non-hydrogen) atoms. The van der Waals surface area contributed by atoms with Gasteiger partial charge in [0, 0.05) is 23.0 Å². The maximum absolute atomic E-state index is 12.9. The maximum Gasteiger partial charge on any atom is 0.332 e. The van der Waals surface area contributed by atoms with Crippen molar-refractivity contribution in [1.29, 1.82) is 0 Å². The first-order valence-corrected chi connectivity index (χ1v) is 10.9. The van der Waals surface area contributed by atoms with Crippen molar-refractivity contribution in [3.05, 3.63) is 82.9 Å². The number of carbonyl (C=O) groups excluding carboxylic acids is 1. The van der Waals surface area contributed by atoms with Gasteiger partial charge in [0.1, 0.15) is 5.69 Å². The van der Waals surface area contributed by atoms with Crippen LogP contribution in [0.4, 0.5) is 11.4 Å². The molecule has 6 N–H and O–H groups in total. The Kier molecular flexibility index (Phi) is 6.99. The van der Waals surface area contributed by atoms with Gasteiger partial charge < -0.3 is 15.5 Å². The Labute approximate surface area is 200 Å². The maximum atomic E-state index is 12.9. The van der Waals surface area contributed by atoms with E-state index in [9.17, 15) is 19.9 Å². The minimum Gasteiger partial charge on any atom is -0.479 e. The topological polar surface area (TPSA) is 134 Å². The lowest BCUT2D eigenvalue weighted by Gasteiger charge is -2.21. The van der Waals surface area contributed by atoms with Crippen LogP contribution in [0.5, 0.6) is 0 Å². The second-order valence-electron chi connectivity index (χ2n) is 7.95. The SMILES string of the molecule is O=C(N[C@H](Cc1ccc(-c2cccc(Cl)c2)cc1)C[C@@H](O)C(=O)O)c1ccc2c(c1)N(O)NN2. The van der Waals surface area contributed by atoms with E-state index in [0.29, 0.717) is 22.8 Å². The zero-order chi connectivity index (χ0) is 24.2. The molecule has 1 aliphatic rings. The number of halogens is 1. The number of hydrogen-bond acceptors (Lipinski definition) is 7. The van der Waals surface area contributed by atoms with E-state index in [1.807, 2.05) is 42.5 Å². The molecule has 0 unspecified atom stereocenters. The van der Waals surface area contributed by atoms with Crippen LogP contribution in [-0.2, 0) is 11.2 Å². The molecule has 0 spiro atoms. The van der Waals surface area contributed by atoms with Crippen molar-refractivity contribution in [2.75, 3.05) is 10.6 Å². The molecule has 1 amide bonds. The van der Waals surface area contributed by atoms with E-state index in [-0.39, 0.29) is 12.0 Å². The van der Waals surface area contributed by atoms with Gasteiger partial charge >= 0.3 is 5.97 Å². The van der Waals surface area contributed by atoms with Crippen molar-refractivity contribution in [1.82, 2.24) is 10.9 Å². The van der Waals surface area contributed by atoms with Crippen LogP contribution in [-0.4, -0.2) is 39.4 Å². The monoisotopic (exact) mass is 482 g/mol. The van der Waals surface area contributed by atoms with E-state index in [4.69, 9.17) is 16.7 Å². The summed E-state index contributed by atoms with van der Waals surface area (Å²) in [5.41, 5.74) is 9.24. The Hall–Kier alpha value is -3.63. The van der Waals surface area contributed by atoms with Gasteiger partial charge in [-0.05, 0) is 53.4 Å². The van der Waals surface area contributed by atoms with Gasteiger partial charge in [-0.25, -0.2) is 4.79 Å². The number of carboxylic acid groups (broad SMARTS) is 1. The Balaban J connectivity index is 1.50. The molecule has 3 aromatic rings. The van der Waals surface area contributed by atoms with Crippen molar-refractivity contribution in [3.8, 4) is 11.1 Å². The number of carbonyl (C=O) groups is 2. The normalized spacial score (nSPS) is 14.1. The zero-order valence-corrected chi connectivity index (χ0v) is 18.7. The summed E-state index contributed by atoms with van der Waals surface area (Å²) in [6.07, 6.45) is -1.49. The molecule has 4 rings (SSSR count). The van der Waals surface area contributed by atoms with E-state index in [1.165, 1.54) is 6.07 Å². The molecule has 0 aromatic heterocycles. The van der Waals surface area contributed by atoms with Crippen molar-refractivity contribution in [2.24, 2.45) is 0 Å². The van der Waals surface area contributed by atoms with E-state index >= 15 is 0 Å². The molecule has 0 saturated carbocycles. The third-order valence-corrected chi connectivity index (χ3v) is 5.74. The van der Waals surface area contributed by atoms with Crippen LogP contribution in [0, 0.1) is 0 Å². The molecule has 1 heterocycles. The first kappa shape index (κ1) is 23.5. The van der Waals surface area contributed by atoms with Gasteiger partial charge in [0.05, 0.1) is 5.69 Å². The summed E-state index contributed by atoms with van der Waals surface area (Å²) in [7, 11) is 0. The molecule has 0 fully saturated rings. The van der Waals surface area contributed by atoms with Crippen molar-refractivity contribution >= 4 is 34.9 Å². The summed E-state index contributed by atoms with van der Waals surface area (Å²) in [6, 6.07) is 19.1. The lowest BCUT2D eigenvalue weighted by atomic mass is 9.97. The number of fused-ring (bicyclic) bond motifs is 1. The van der Waals surface area contributed by atoms with E-state index in [2.05, 4.69) is 16.3 Å². The molecule has 10 heteroatoms. The number of aliphatic carboxylic acids is 1. The third kappa shape index (κ3) is 5.46. The van der Waals surface area contributed by atoms with Gasteiger partial charge in [0.15, 0.2) is 6.10 Å². The average molecular weight is 483 g/mol. The fourth-order valence-electron chi connectivity index (χ4n) is 3.75. The lowest BCUT2D eigenvalue weighted by Crippen LogP contribution is -2.40. The van der Waals surface area contributed by atoms with Crippen molar-refractivity contribution in [3.63, 3.8) is 0 Å². The number of anilines is 2. The summed E-state index contributed by atoms with van der Waals surface area (Å²) < 4.78 is 0. The van der Waals surface area contributed by atoms with Crippen LogP contribution in [0.1, 0.15) is 22.3 Å². The Morgan fingerprint density at radius 2 is 1.79 bits per heavy atom.